The Morgan fingerprint density at radius 2 is 1.58 bits per heavy atom. The summed E-state index contributed by atoms with van der Waals surface area (Å²) >= 11 is 1.46. The minimum atomic E-state index is -0.110. The Balaban J connectivity index is 1.32. The van der Waals surface area contributed by atoms with Gasteiger partial charge in [-0.2, -0.15) is 0 Å². The predicted molar refractivity (Wildman–Crippen MR) is 141 cm³/mol. The number of hydrogen-bond acceptors (Lipinski definition) is 6. The third kappa shape index (κ3) is 4.65. The zero-order chi connectivity index (χ0) is 24.3. The summed E-state index contributed by atoms with van der Waals surface area (Å²) in [7, 11) is 0. The highest BCUT2D eigenvalue weighted by Gasteiger charge is 2.23. The highest BCUT2D eigenvalue weighted by atomic mass is 32.1. The second-order valence-corrected chi connectivity index (χ2v) is 9.58. The molecule has 36 heavy (non-hydrogen) atoms. The molecule has 6 rings (SSSR count). The van der Waals surface area contributed by atoms with Crippen molar-refractivity contribution in [3.63, 3.8) is 0 Å². The lowest BCUT2D eigenvalue weighted by Gasteiger charge is -2.20. The average Bonchev–Trinajstić information content (AvgIpc) is 3.34. The summed E-state index contributed by atoms with van der Waals surface area (Å²) in [6.07, 6.45) is 4.32. The number of thiazole rings is 1. The quantitative estimate of drug-likeness (QED) is 0.295. The number of amides is 1. The molecule has 3 heterocycles. The maximum atomic E-state index is 13.8. The lowest BCUT2D eigenvalue weighted by Crippen LogP contribution is -2.30. The van der Waals surface area contributed by atoms with Crippen LogP contribution < -0.4 is 14.4 Å². The molecule has 1 amide bonds. The Hall–Kier alpha value is -4.23. The highest BCUT2D eigenvalue weighted by Crippen LogP contribution is 2.39. The van der Waals surface area contributed by atoms with Crippen molar-refractivity contribution in [2.75, 3.05) is 18.1 Å². The molecule has 0 saturated carbocycles. The molecule has 2 aromatic heterocycles. The molecule has 0 fully saturated rings. The summed E-state index contributed by atoms with van der Waals surface area (Å²) in [4.78, 5) is 24.5. The van der Waals surface area contributed by atoms with Crippen molar-refractivity contribution in [3.05, 3.63) is 114 Å². The lowest BCUT2D eigenvalue weighted by molar-refractivity contribution is 0.0985. The van der Waals surface area contributed by atoms with Gasteiger partial charge in [-0.3, -0.25) is 14.7 Å². The smallest absolute Gasteiger partial charge is 0.260 e. The number of carbonyl (C=O) groups is 1. The van der Waals surface area contributed by atoms with E-state index in [0.717, 1.165) is 27.8 Å². The van der Waals surface area contributed by atoms with E-state index in [9.17, 15) is 4.79 Å². The first-order valence-corrected chi connectivity index (χ1v) is 12.6. The average molecular weight is 494 g/mol. The van der Waals surface area contributed by atoms with Gasteiger partial charge in [0.05, 0.1) is 16.8 Å². The summed E-state index contributed by atoms with van der Waals surface area (Å²) in [6.45, 7) is 1.41. The fourth-order valence-electron chi connectivity index (χ4n) is 4.22. The normalized spacial score (nSPS) is 12.4. The molecular weight excluding hydrogens is 470 g/mol. The van der Waals surface area contributed by atoms with Crippen LogP contribution in [0, 0.1) is 0 Å². The molecule has 0 N–H and O–H groups in total. The van der Waals surface area contributed by atoms with Crippen molar-refractivity contribution >= 4 is 32.6 Å². The second kappa shape index (κ2) is 9.79. The van der Waals surface area contributed by atoms with Gasteiger partial charge in [0, 0.05) is 30.1 Å². The summed E-state index contributed by atoms with van der Waals surface area (Å²) in [5.74, 6) is 1.29. The topological polar surface area (TPSA) is 64.6 Å². The molecule has 0 spiro atoms. The van der Waals surface area contributed by atoms with E-state index in [4.69, 9.17) is 14.5 Å². The number of nitrogens with zero attached hydrogens (tertiary/aromatic N) is 3. The SMILES string of the molecule is O=C(c1ccc(Cc2ccccc2)cc1)N(Cc1cccnc1)c1nc2cc3c(cc2s1)OCCO3. The number of carbonyl (C=O) groups excluding carboxylic acids is 1. The van der Waals surface area contributed by atoms with Crippen molar-refractivity contribution in [1.82, 2.24) is 9.97 Å². The highest BCUT2D eigenvalue weighted by molar-refractivity contribution is 7.22. The van der Waals surface area contributed by atoms with Crippen molar-refractivity contribution in [2.24, 2.45) is 0 Å². The van der Waals surface area contributed by atoms with Gasteiger partial charge in [0.15, 0.2) is 16.6 Å². The molecule has 7 heteroatoms. The van der Waals surface area contributed by atoms with Crippen molar-refractivity contribution in [1.29, 1.82) is 0 Å². The first-order chi connectivity index (χ1) is 17.7. The Kier molecular flexibility index (Phi) is 6.05. The number of benzene rings is 3. The van der Waals surface area contributed by atoms with Crippen molar-refractivity contribution in [3.8, 4) is 11.5 Å². The molecule has 5 aromatic rings. The first-order valence-electron chi connectivity index (χ1n) is 11.8. The molecule has 0 atom stereocenters. The summed E-state index contributed by atoms with van der Waals surface area (Å²) in [6, 6.07) is 25.8. The number of anilines is 1. The third-order valence-corrected chi connectivity index (χ3v) is 7.07. The van der Waals surface area contributed by atoms with E-state index in [1.54, 1.807) is 17.3 Å². The van der Waals surface area contributed by atoms with Gasteiger partial charge in [-0.1, -0.05) is 59.9 Å². The van der Waals surface area contributed by atoms with Gasteiger partial charge in [-0.15, -0.1) is 0 Å². The summed E-state index contributed by atoms with van der Waals surface area (Å²) in [5.41, 5.74) is 4.71. The van der Waals surface area contributed by atoms with E-state index < -0.39 is 0 Å². The standard InChI is InChI=1S/C29H23N3O3S/c33-28(23-10-8-21(9-11-23)15-20-5-2-1-3-6-20)32(19-22-7-4-12-30-18-22)29-31-24-16-25-26(17-27(24)36-29)35-14-13-34-25/h1-12,16-18H,13-15,19H2. The number of ether oxygens (including phenoxy) is 2. The minimum absolute atomic E-state index is 0.110. The Morgan fingerprint density at radius 3 is 2.33 bits per heavy atom. The van der Waals surface area contributed by atoms with Gasteiger partial charge < -0.3 is 9.47 Å². The number of rotatable bonds is 6. The molecule has 178 valence electrons. The van der Waals surface area contributed by atoms with Crippen LogP contribution >= 0.6 is 11.3 Å². The zero-order valence-corrected chi connectivity index (χ0v) is 20.3. The van der Waals surface area contributed by atoms with Gasteiger partial charge in [0.1, 0.15) is 13.2 Å². The zero-order valence-electron chi connectivity index (χ0n) is 19.5. The van der Waals surface area contributed by atoms with Crippen LogP contribution in [0.2, 0.25) is 0 Å². The van der Waals surface area contributed by atoms with E-state index in [1.165, 1.54) is 16.9 Å². The molecule has 0 aliphatic carbocycles. The largest absolute Gasteiger partial charge is 0.486 e. The van der Waals surface area contributed by atoms with E-state index >= 15 is 0 Å². The molecular formula is C29H23N3O3S. The molecule has 0 saturated heterocycles. The number of fused-ring (bicyclic) bond motifs is 2. The van der Waals surface area contributed by atoms with Gasteiger partial charge in [0.25, 0.3) is 5.91 Å². The Morgan fingerprint density at radius 1 is 0.861 bits per heavy atom. The van der Waals surface area contributed by atoms with Crippen molar-refractivity contribution < 1.29 is 14.3 Å². The predicted octanol–water partition coefficient (Wildman–Crippen LogP) is 5.90. The molecule has 1 aliphatic heterocycles. The maximum Gasteiger partial charge on any atom is 0.260 e. The second-order valence-electron chi connectivity index (χ2n) is 8.57. The lowest BCUT2D eigenvalue weighted by atomic mass is 10.0. The van der Waals surface area contributed by atoms with E-state index in [1.807, 2.05) is 66.7 Å². The first kappa shape index (κ1) is 22.2. The van der Waals surface area contributed by atoms with Crippen LogP contribution in [-0.4, -0.2) is 29.1 Å². The van der Waals surface area contributed by atoms with Crippen LogP contribution in [0.15, 0.2) is 91.3 Å². The minimum Gasteiger partial charge on any atom is -0.486 e. The van der Waals surface area contributed by atoms with Gasteiger partial charge >= 0.3 is 0 Å². The molecule has 0 radical (unpaired) electrons. The van der Waals surface area contributed by atoms with Crippen LogP contribution in [0.25, 0.3) is 10.2 Å². The fraction of sp³-hybridized carbons (Fsp3) is 0.138. The monoisotopic (exact) mass is 493 g/mol. The number of hydrogen-bond donors (Lipinski definition) is 0. The van der Waals surface area contributed by atoms with Crippen LogP contribution in [0.4, 0.5) is 5.13 Å². The van der Waals surface area contributed by atoms with Gasteiger partial charge in [0.2, 0.25) is 0 Å². The summed E-state index contributed by atoms with van der Waals surface area (Å²) < 4.78 is 12.4. The van der Waals surface area contributed by atoms with E-state index in [2.05, 4.69) is 17.1 Å². The van der Waals surface area contributed by atoms with Crippen LogP contribution in [-0.2, 0) is 13.0 Å². The van der Waals surface area contributed by atoms with Gasteiger partial charge in [-0.05, 0) is 41.3 Å². The molecule has 3 aromatic carbocycles. The van der Waals surface area contributed by atoms with E-state index in [0.29, 0.717) is 42.0 Å². The Bertz CT molecular complexity index is 1460. The molecule has 0 unspecified atom stereocenters. The molecule has 0 bridgehead atoms. The molecule has 1 aliphatic rings. The van der Waals surface area contributed by atoms with Crippen LogP contribution in [0.3, 0.4) is 0 Å². The Labute approximate surface area is 212 Å². The van der Waals surface area contributed by atoms with Crippen molar-refractivity contribution in [2.45, 2.75) is 13.0 Å². The maximum absolute atomic E-state index is 13.8. The summed E-state index contributed by atoms with van der Waals surface area (Å²) in [5, 5.41) is 0.620. The molecule has 6 nitrogen and oxygen atoms in total. The van der Waals surface area contributed by atoms with Crippen LogP contribution in [0.5, 0.6) is 11.5 Å². The number of pyridine rings is 1. The van der Waals surface area contributed by atoms with Crippen LogP contribution in [0.1, 0.15) is 27.0 Å². The van der Waals surface area contributed by atoms with Gasteiger partial charge in [-0.25, -0.2) is 4.98 Å². The number of aromatic nitrogens is 2. The van der Waals surface area contributed by atoms with E-state index in [-0.39, 0.29) is 5.91 Å². The fourth-order valence-corrected chi connectivity index (χ4v) is 5.19. The third-order valence-electron chi connectivity index (χ3n) is 6.03.